The Balaban J connectivity index is 1.98. The summed E-state index contributed by atoms with van der Waals surface area (Å²) >= 11 is 11.6. The summed E-state index contributed by atoms with van der Waals surface area (Å²) in [6.07, 6.45) is 0. The molecule has 7 heteroatoms. The summed E-state index contributed by atoms with van der Waals surface area (Å²) in [6.45, 7) is 1.79. The van der Waals surface area contributed by atoms with Crippen molar-refractivity contribution in [3.63, 3.8) is 0 Å². The second-order valence-electron chi connectivity index (χ2n) is 7.08. The molecule has 1 aromatic heterocycles. The Morgan fingerprint density at radius 1 is 1.00 bits per heavy atom. The smallest absolute Gasteiger partial charge is 0.266 e. The van der Waals surface area contributed by atoms with Gasteiger partial charge in [0.2, 0.25) is 0 Å². The van der Waals surface area contributed by atoms with E-state index in [1.165, 1.54) is 4.90 Å². The van der Waals surface area contributed by atoms with E-state index in [1.807, 2.05) is 48.5 Å². The van der Waals surface area contributed by atoms with E-state index in [9.17, 15) is 9.59 Å². The molecule has 0 saturated heterocycles. The van der Waals surface area contributed by atoms with Crippen molar-refractivity contribution in [2.75, 3.05) is 7.05 Å². The molecule has 1 atom stereocenters. The number of carbonyl (C=O) groups is 1. The molecule has 0 saturated carbocycles. The number of benzene rings is 3. The molecule has 30 heavy (non-hydrogen) atoms. The molecule has 1 heterocycles. The van der Waals surface area contributed by atoms with Gasteiger partial charge in [0.15, 0.2) is 4.84 Å². The topological polar surface area (TPSA) is 55.2 Å². The first-order chi connectivity index (χ1) is 14.4. The van der Waals surface area contributed by atoms with Crippen molar-refractivity contribution in [1.29, 1.82) is 0 Å². The Hall–Kier alpha value is -2.89. The van der Waals surface area contributed by atoms with E-state index in [0.29, 0.717) is 22.4 Å². The highest BCUT2D eigenvalue weighted by molar-refractivity contribution is 6.53. The lowest BCUT2D eigenvalue weighted by atomic mass is 10.1. The molecule has 3 aromatic carbocycles. The summed E-state index contributed by atoms with van der Waals surface area (Å²) < 4.78 is 1.56. The van der Waals surface area contributed by atoms with Crippen LogP contribution in [0.25, 0.3) is 27.4 Å². The number of amides is 1. The van der Waals surface area contributed by atoms with Gasteiger partial charge in [-0.1, -0.05) is 65.7 Å². The predicted octanol–water partition coefficient (Wildman–Crippen LogP) is 4.86. The molecule has 0 N–H and O–H groups in total. The Labute approximate surface area is 183 Å². The molecular formula is C23H19Cl2N3O2. The van der Waals surface area contributed by atoms with Crippen LogP contribution in [-0.4, -0.2) is 32.2 Å². The minimum Gasteiger partial charge on any atom is -0.333 e. The van der Waals surface area contributed by atoms with Crippen LogP contribution in [0, 0.1) is 0 Å². The van der Waals surface area contributed by atoms with E-state index in [2.05, 4.69) is 0 Å². The molecule has 4 aromatic rings. The molecule has 0 radical (unpaired) electrons. The molecule has 0 bridgehead atoms. The molecule has 0 aliphatic rings. The highest BCUT2D eigenvalue weighted by Crippen LogP contribution is 2.25. The van der Waals surface area contributed by atoms with Crippen molar-refractivity contribution in [2.24, 2.45) is 0 Å². The quantitative estimate of drug-likeness (QED) is 0.426. The van der Waals surface area contributed by atoms with Gasteiger partial charge < -0.3 is 4.90 Å². The third-order valence-electron chi connectivity index (χ3n) is 5.28. The Bertz CT molecular complexity index is 1320. The number of rotatable bonds is 4. The number of halogens is 2. The molecule has 1 amide bonds. The first-order valence-electron chi connectivity index (χ1n) is 9.44. The fourth-order valence-electron chi connectivity index (χ4n) is 3.51. The second-order valence-corrected chi connectivity index (χ2v) is 8.18. The van der Waals surface area contributed by atoms with E-state index in [-0.39, 0.29) is 5.56 Å². The zero-order valence-electron chi connectivity index (χ0n) is 16.4. The average Bonchev–Trinajstić information content (AvgIpc) is 2.77. The summed E-state index contributed by atoms with van der Waals surface area (Å²) in [7, 11) is 1.59. The lowest BCUT2D eigenvalue weighted by Gasteiger charge is -2.27. The van der Waals surface area contributed by atoms with Gasteiger partial charge in [-0.15, -0.1) is 0 Å². The first kappa shape index (κ1) is 20.4. The van der Waals surface area contributed by atoms with Gasteiger partial charge in [-0.25, -0.2) is 4.98 Å². The van der Waals surface area contributed by atoms with Crippen LogP contribution in [0.5, 0.6) is 0 Å². The van der Waals surface area contributed by atoms with Gasteiger partial charge in [-0.05, 0) is 42.0 Å². The number of fused-ring (bicyclic) bond motifs is 2. The Morgan fingerprint density at radius 2 is 1.67 bits per heavy atom. The molecule has 1 unspecified atom stereocenters. The number of hydrogen-bond donors (Lipinski definition) is 0. The third-order valence-corrected chi connectivity index (χ3v) is 5.66. The highest BCUT2D eigenvalue weighted by atomic mass is 35.5. The summed E-state index contributed by atoms with van der Waals surface area (Å²) in [5.41, 5.74) is 1.04. The number of para-hydroxylation sites is 1. The molecule has 0 spiro atoms. The number of alkyl halides is 2. The van der Waals surface area contributed by atoms with E-state index in [4.69, 9.17) is 28.2 Å². The normalized spacial score (nSPS) is 12.4. The van der Waals surface area contributed by atoms with Crippen LogP contribution >= 0.6 is 23.2 Å². The monoisotopic (exact) mass is 439 g/mol. The van der Waals surface area contributed by atoms with Crippen molar-refractivity contribution in [3.05, 3.63) is 82.9 Å². The maximum absolute atomic E-state index is 13.5. The van der Waals surface area contributed by atoms with E-state index < -0.39 is 16.8 Å². The Morgan fingerprint density at radius 3 is 2.40 bits per heavy atom. The fraction of sp³-hybridized carbons (Fsp3) is 0.174. The zero-order valence-corrected chi connectivity index (χ0v) is 17.9. The summed E-state index contributed by atoms with van der Waals surface area (Å²) in [5.74, 6) is -0.0304. The van der Waals surface area contributed by atoms with Crippen LogP contribution in [0.3, 0.4) is 0 Å². The van der Waals surface area contributed by atoms with Crippen LogP contribution in [0.2, 0.25) is 0 Å². The molecule has 152 valence electrons. The predicted molar refractivity (Wildman–Crippen MR) is 122 cm³/mol. The van der Waals surface area contributed by atoms with E-state index >= 15 is 0 Å². The van der Waals surface area contributed by atoms with Crippen molar-refractivity contribution >= 4 is 50.8 Å². The molecular weight excluding hydrogens is 421 g/mol. The van der Waals surface area contributed by atoms with Crippen molar-refractivity contribution in [2.45, 2.75) is 17.8 Å². The van der Waals surface area contributed by atoms with Gasteiger partial charge in [0.05, 0.1) is 22.6 Å². The zero-order chi connectivity index (χ0) is 21.4. The number of hydrogen-bond acceptors (Lipinski definition) is 3. The number of aromatic nitrogens is 2. The fourth-order valence-corrected chi connectivity index (χ4v) is 3.82. The maximum atomic E-state index is 13.5. The van der Waals surface area contributed by atoms with Crippen LogP contribution in [0.4, 0.5) is 0 Å². The van der Waals surface area contributed by atoms with Crippen LogP contribution in [-0.2, 0) is 4.79 Å². The Kier molecular flexibility index (Phi) is 5.50. The number of carbonyl (C=O) groups excluding carboxylic acids is 1. The van der Waals surface area contributed by atoms with Gasteiger partial charge in [0.25, 0.3) is 11.5 Å². The lowest BCUT2D eigenvalue weighted by Crippen LogP contribution is -2.37. The molecule has 4 rings (SSSR count). The third kappa shape index (κ3) is 3.55. The maximum Gasteiger partial charge on any atom is 0.266 e. The van der Waals surface area contributed by atoms with E-state index in [0.717, 1.165) is 10.8 Å². The highest BCUT2D eigenvalue weighted by Gasteiger charge is 2.27. The van der Waals surface area contributed by atoms with Crippen molar-refractivity contribution < 1.29 is 4.79 Å². The summed E-state index contributed by atoms with van der Waals surface area (Å²) in [4.78, 5) is 30.8. The van der Waals surface area contributed by atoms with Gasteiger partial charge in [0, 0.05) is 7.05 Å². The summed E-state index contributed by atoms with van der Waals surface area (Å²) in [5, 5.41) is 2.57. The molecule has 5 nitrogen and oxygen atoms in total. The SMILES string of the molecule is CC(c1nc2ccccc2c(=O)n1-c1ccc2ccccc2c1)N(C)C(=O)C(Cl)Cl. The van der Waals surface area contributed by atoms with Crippen LogP contribution in [0.1, 0.15) is 18.8 Å². The number of nitrogens with zero attached hydrogens (tertiary/aromatic N) is 3. The van der Waals surface area contributed by atoms with Gasteiger partial charge >= 0.3 is 0 Å². The van der Waals surface area contributed by atoms with Crippen LogP contribution in [0.15, 0.2) is 71.5 Å². The van der Waals surface area contributed by atoms with E-state index in [1.54, 1.807) is 36.7 Å². The largest absolute Gasteiger partial charge is 0.333 e. The molecule has 0 aliphatic carbocycles. The lowest BCUT2D eigenvalue weighted by molar-refractivity contribution is -0.130. The van der Waals surface area contributed by atoms with Crippen molar-refractivity contribution in [1.82, 2.24) is 14.5 Å². The second kappa shape index (κ2) is 8.09. The van der Waals surface area contributed by atoms with Crippen molar-refractivity contribution in [3.8, 4) is 5.69 Å². The standard InChI is InChI=1S/C23H19Cl2N3O2/c1-14(27(2)23(30)20(24)25)21-26-19-10-6-5-9-18(19)22(29)28(21)17-12-11-15-7-3-4-8-16(15)13-17/h3-14,20H,1-2H3. The first-order valence-corrected chi connectivity index (χ1v) is 10.3. The van der Waals surface area contributed by atoms with Gasteiger partial charge in [-0.3, -0.25) is 14.2 Å². The van der Waals surface area contributed by atoms with Gasteiger partial charge in [-0.2, -0.15) is 0 Å². The minimum atomic E-state index is -1.20. The van der Waals surface area contributed by atoms with Gasteiger partial charge in [0.1, 0.15) is 5.82 Å². The van der Waals surface area contributed by atoms with Crippen LogP contribution < -0.4 is 5.56 Å². The summed E-state index contributed by atoms with van der Waals surface area (Å²) in [6, 6.07) is 20.3. The minimum absolute atomic E-state index is 0.202. The average molecular weight is 440 g/mol. The molecule has 0 fully saturated rings. The molecule has 0 aliphatic heterocycles.